The third-order valence-electron chi connectivity index (χ3n) is 4.22. The lowest BCUT2D eigenvalue weighted by Gasteiger charge is -2.23. The fraction of sp³-hybridized carbons (Fsp3) is 0.200. The van der Waals surface area contributed by atoms with Crippen LogP contribution in [0.3, 0.4) is 0 Å². The predicted octanol–water partition coefficient (Wildman–Crippen LogP) is 4.67. The van der Waals surface area contributed by atoms with Crippen LogP contribution >= 0.6 is 24.0 Å². The Morgan fingerprint density at radius 3 is 2.50 bits per heavy atom. The van der Waals surface area contributed by atoms with E-state index < -0.39 is 0 Å². The van der Waals surface area contributed by atoms with Crippen molar-refractivity contribution >= 4 is 40.3 Å². The van der Waals surface area contributed by atoms with Gasteiger partial charge in [-0.2, -0.15) is 0 Å². The summed E-state index contributed by atoms with van der Waals surface area (Å²) in [5.74, 6) is 1.28. The second-order valence-corrected chi connectivity index (χ2v) is 7.42. The lowest BCUT2D eigenvalue weighted by Crippen LogP contribution is -2.30. The lowest BCUT2D eigenvalue weighted by atomic mass is 10.1. The number of carbonyl (C=O) groups is 1. The van der Waals surface area contributed by atoms with E-state index in [0.717, 1.165) is 11.1 Å². The first-order chi connectivity index (χ1) is 12.5. The van der Waals surface area contributed by atoms with E-state index in [0.29, 0.717) is 20.7 Å². The number of thiocarbonyl (C=S) groups is 1. The molecule has 1 aliphatic heterocycles. The highest BCUT2D eigenvalue weighted by molar-refractivity contribution is 8.26. The summed E-state index contributed by atoms with van der Waals surface area (Å²) in [6, 6.07) is 15.2. The lowest BCUT2D eigenvalue weighted by molar-refractivity contribution is -0.123. The van der Waals surface area contributed by atoms with E-state index in [1.54, 1.807) is 25.2 Å². The van der Waals surface area contributed by atoms with E-state index in [-0.39, 0.29) is 11.9 Å². The molecule has 2 aromatic carbocycles. The monoisotopic (exact) mass is 385 g/mol. The van der Waals surface area contributed by atoms with Crippen LogP contribution < -0.4 is 9.47 Å². The average molecular weight is 386 g/mol. The molecule has 0 aliphatic carbocycles. The summed E-state index contributed by atoms with van der Waals surface area (Å²) >= 11 is 6.77. The Balaban J connectivity index is 1.93. The molecular formula is C20H19NO3S2. The Morgan fingerprint density at radius 1 is 1.12 bits per heavy atom. The number of ether oxygens (including phenoxy) is 2. The van der Waals surface area contributed by atoms with Crippen molar-refractivity contribution < 1.29 is 14.3 Å². The second-order valence-electron chi connectivity index (χ2n) is 5.75. The van der Waals surface area contributed by atoms with Gasteiger partial charge >= 0.3 is 0 Å². The van der Waals surface area contributed by atoms with Crippen molar-refractivity contribution in [1.82, 2.24) is 4.90 Å². The summed E-state index contributed by atoms with van der Waals surface area (Å²) in [6.07, 6.45) is 1.80. The zero-order chi connectivity index (χ0) is 18.7. The summed E-state index contributed by atoms with van der Waals surface area (Å²) in [6.45, 7) is 1.98. The Labute approximate surface area is 162 Å². The SMILES string of the molecule is COc1ccc(OC)c(C=C2SC(=S)N(C(C)c3ccccc3)C2=O)c1. The van der Waals surface area contributed by atoms with Gasteiger partial charge < -0.3 is 9.47 Å². The number of hydrogen-bond acceptors (Lipinski definition) is 5. The van der Waals surface area contributed by atoms with Gasteiger partial charge in [0.2, 0.25) is 0 Å². The first kappa shape index (κ1) is 18.5. The minimum Gasteiger partial charge on any atom is -0.497 e. The molecule has 0 N–H and O–H groups in total. The molecule has 0 saturated carbocycles. The van der Waals surface area contributed by atoms with Gasteiger partial charge in [-0.05, 0) is 36.8 Å². The number of rotatable bonds is 5. The third-order valence-corrected chi connectivity index (χ3v) is 5.55. The van der Waals surface area contributed by atoms with E-state index >= 15 is 0 Å². The van der Waals surface area contributed by atoms with Gasteiger partial charge in [0.05, 0.1) is 25.2 Å². The van der Waals surface area contributed by atoms with E-state index in [2.05, 4.69) is 0 Å². The molecule has 2 aromatic rings. The van der Waals surface area contributed by atoms with Gasteiger partial charge in [0.1, 0.15) is 15.8 Å². The molecule has 1 fully saturated rings. The van der Waals surface area contributed by atoms with Gasteiger partial charge in [-0.1, -0.05) is 54.3 Å². The second kappa shape index (κ2) is 7.93. The summed E-state index contributed by atoms with van der Waals surface area (Å²) in [5.41, 5.74) is 1.82. The number of nitrogens with zero attached hydrogens (tertiary/aromatic N) is 1. The summed E-state index contributed by atoms with van der Waals surface area (Å²) in [5, 5.41) is 0. The van der Waals surface area contributed by atoms with Crippen LogP contribution in [0.2, 0.25) is 0 Å². The maximum absolute atomic E-state index is 13.0. The van der Waals surface area contributed by atoms with E-state index in [1.165, 1.54) is 11.8 Å². The van der Waals surface area contributed by atoms with Crippen molar-refractivity contribution in [1.29, 1.82) is 0 Å². The highest BCUT2D eigenvalue weighted by Gasteiger charge is 2.36. The zero-order valence-electron chi connectivity index (χ0n) is 14.8. The number of benzene rings is 2. The standard InChI is InChI=1S/C20H19NO3S2/c1-13(14-7-5-4-6-8-14)21-19(22)18(26-20(21)25)12-15-11-16(23-2)9-10-17(15)24-3/h4-13H,1-3H3. The molecule has 134 valence electrons. The number of methoxy groups -OCH3 is 2. The molecular weight excluding hydrogens is 366 g/mol. The first-order valence-electron chi connectivity index (χ1n) is 8.09. The third kappa shape index (κ3) is 3.61. The summed E-state index contributed by atoms with van der Waals surface area (Å²) < 4.78 is 11.2. The molecule has 1 aliphatic rings. The molecule has 4 nitrogen and oxygen atoms in total. The van der Waals surface area contributed by atoms with Gasteiger partial charge in [0, 0.05) is 5.56 Å². The minimum atomic E-state index is -0.123. The van der Waals surface area contributed by atoms with E-state index in [1.807, 2.05) is 55.5 Å². The van der Waals surface area contributed by atoms with Crippen molar-refractivity contribution in [2.45, 2.75) is 13.0 Å². The van der Waals surface area contributed by atoms with Crippen LogP contribution in [0.5, 0.6) is 11.5 Å². The molecule has 0 bridgehead atoms. The van der Waals surface area contributed by atoms with Gasteiger partial charge in [0.15, 0.2) is 0 Å². The molecule has 1 saturated heterocycles. The highest BCUT2D eigenvalue weighted by Crippen LogP contribution is 2.39. The van der Waals surface area contributed by atoms with Crippen LogP contribution in [-0.2, 0) is 4.79 Å². The highest BCUT2D eigenvalue weighted by atomic mass is 32.2. The predicted molar refractivity (Wildman–Crippen MR) is 109 cm³/mol. The molecule has 1 heterocycles. The Hall–Kier alpha value is -2.31. The molecule has 26 heavy (non-hydrogen) atoms. The van der Waals surface area contributed by atoms with Gasteiger partial charge in [0.25, 0.3) is 5.91 Å². The molecule has 6 heteroatoms. The van der Waals surface area contributed by atoms with Crippen LogP contribution in [0.1, 0.15) is 24.1 Å². The Kier molecular flexibility index (Phi) is 5.64. The van der Waals surface area contributed by atoms with Crippen LogP contribution in [0.15, 0.2) is 53.4 Å². The number of hydrogen-bond donors (Lipinski definition) is 0. The van der Waals surface area contributed by atoms with Crippen molar-refractivity contribution in [2.24, 2.45) is 0 Å². The Bertz CT molecular complexity index is 865. The molecule has 1 unspecified atom stereocenters. The molecule has 1 atom stereocenters. The van der Waals surface area contributed by atoms with E-state index in [4.69, 9.17) is 21.7 Å². The zero-order valence-corrected chi connectivity index (χ0v) is 16.4. The van der Waals surface area contributed by atoms with Crippen LogP contribution in [-0.4, -0.2) is 29.3 Å². The van der Waals surface area contributed by atoms with Crippen molar-refractivity contribution in [3.63, 3.8) is 0 Å². The number of amides is 1. The quantitative estimate of drug-likeness (QED) is 0.553. The average Bonchev–Trinajstić information content (AvgIpc) is 2.95. The molecule has 1 amide bonds. The summed E-state index contributed by atoms with van der Waals surface area (Å²) in [4.78, 5) is 15.2. The fourth-order valence-corrected chi connectivity index (χ4v) is 4.20. The Morgan fingerprint density at radius 2 is 1.85 bits per heavy atom. The van der Waals surface area contributed by atoms with E-state index in [9.17, 15) is 4.79 Å². The fourth-order valence-electron chi connectivity index (χ4n) is 2.79. The topological polar surface area (TPSA) is 38.8 Å². The number of thioether (sulfide) groups is 1. The van der Waals surface area contributed by atoms with Crippen molar-refractivity contribution in [2.75, 3.05) is 14.2 Å². The van der Waals surface area contributed by atoms with Crippen molar-refractivity contribution in [3.8, 4) is 11.5 Å². The van der Waals surface area contributed by atoms with Crippen LogP contribution in [0.4, 0.5) is 0 Å². The van der Waals surface area contributed by atoms with Crippen LogP contribution in [0.25, 0.3) is 6.08 Å². The smallest absolute Gasteiger partial charge is 0.266 e. The maximum atomic E-state index is 13.0. The molecule has 0 spiro atoms. The maximum Gasteiger partial charge on any atom is 0.266 e. The molecule has 3 rings (SSSR count). The van der Waals surface area contributed by atoms with Crippen molar-refractivity contribution in [3.05, 3.63) is 64.6 Å². The van der Waals surface area contributed by atoms with Crippen LogP contribution in [0, 0.1) is 0 Å². The van der Waals surface area contributed by atoms with Gasteiger partial charge in [-0.25, -0.2) is 0 Å². The largest absolute Gasteiger partial charge is 0.497 e. The molecule has 0 radical (unpaired) electrons. The first-order valence-corrected chi connectivity index (χ1v) is 9.31. The normalized spacial score (nSPS) is 16.9. The minimum absolute atomic E-state index is 0.0961. The molecule has 0 aromatic heterocycles. The summed E-state index contributed by atoms with van der Waals surface area (Å²) in [7, 11) is 3.20. The van der Waals surface area contributed by atoms with Gasteiger partial charge in [-0.15, -0.1) is 0 Å². The number of carbonyl (C=O) groups excluding carboxylic acids is 1. The van der Waals surface area contributed by atoms with Gasteiger partial charge in [-0.3, -0.25) is 9.69 Å².